The monoisotopic (exact) mass is 324 g/mol. The van der Waals surface area contributed by atoms with Gasteiger partial charge in [0.05, 0.1) is 16.4 Å². The Morgan fingerprint density at radius 1 is 1.24 bits per heavy atom. The van der Waals surface area contributed by atoms with E-state index in [1.54, 1.807) is 0 Å². The van der Waals surface area contributed by atoms with E-state index in [1.165, 1.54) is 0 Å². The molecule has 0 saturated heterocycles. The second-order valence-corrected chi connectivity index (χ2v) is 6.12. The van der Waals surface area contributed by atoms with Gasteiger partial charge in [0.2, 0.25) is 5.91 Å². The van der Waals surface area contributed by atoms with Crippen molar-refractivity contribution in [2.45, 2.75) is 64.1 Å². The van der Waals surface area contributed by atoms with E-state index in [-0.39, 0.29) is 17.8 Å². The van der Waals surface area contributed by atoms with Gasteiger partial charge in [-0.1, -0.05) is 38.9 Å². The predicted molar refractivity (Wildman–Crippen MR) is 79.7 cm³/mol. The van der Waals surface area contributed by atoms with Crippen molar-refractivity contribution in [1.82, 2.24) is 5.32 Å². The summed E-state index contributed by atoms with van der Waals surface area (Å²) in [6.45, 7) is 3.62. The number of carbonyl (C=O) groups is 1. The highest BCUT2D eigenvalue weighted by Crippen LogP contribution is 2.41. The summed E-state index contributed by atoms with van der Waals surface area (Å²) in [6, 6.07) is 0. The fourth-order valence-corrected chi connectivity index (χ4v) is 3.34. The lowest BCUT2D eigenvalue weighted by Gasteiger charge is -2.37. The Bertz CT molecular complexity index is 394. The van der Waals surface area contributed by atoms with Crippen LogP contribution in [0.15, 0.2) is 0 Å². The van der Waals surface area contributed by atoms with Gasteiger partial charge in [-0.05, 0) is 25.7 Å². The van der Waals surface area contributed by atoms with Crippen molar-refractivity contribution in [2.75, 3.05) is 0 Å². The number of halogens is 3. The van der Waals surface area contributed by atoms with Gasteiger partial charge in [-0.2, -0.15) is 13.2 Å². The van der Waals surface area contributed by atoms with Crippen molar-refractivity contribution in [1.29, 1.82) is 0 Å². The number of amides is 1. The third-order valence-electron chi connectivity index (χ3n) is 4.56. The molecule has 2 unspecified atom stereocenters. The standard InChI is InChI=1S/C14H23F3N2OS/c1-3-13(4-2,12(18)21)19-11(20)9-7-5-6-8-10(9)14(15,16)17/h9-10H,3-8H2,1-2H3,(H2,18,21)(H,19,20). The van der Waals surface area contributed by atoms with E-state index < -0.39 is 29.5 Å². The van der Waals surface area contributed by atoms with Gasteiger partial charge in [0.1, 0.15) is 0 Å². The summed E-state index contributed by atoms with van der Waals surface area (Å²) < 4.78 is 39.2. The molecule has 1 saturated carbocycles. The molecule has 3 N–H and O–H groups in total. The van der Waals surface area contributed by atoms with Crippen molar-refractivity contribution in [3.63, 3.8) is 0 Å². The molecule has 122 valence electrons. The number of carbonyl (C=O) groups excluding carboxylic acids is 1. The summed E-state index contributed by atoms with van der Waals surface area (Å²) in [7, 11) is 0. The number of nitrogens with one attached hydrogen (secondary N) is 1. The van der Waals surface area contributed by atoms with Crippen LogP contribution >= 0.6 is 12.2 Å². The van der Waals surface area contributed by atoms with Crippen LogP contribution < -0.4 is 11.1 Å². The number of thiocarbonyl (C=S) groups is 1. The molecule has 0 heterocycles. The van der Waals surface area contributed by atoms with Gasteiger partial charge in [-0.25, -0.2) is 0 Å². The van der Waals surface area contributed by atoms with Crippen molar-refractivity contribution < 1.29 is 18.0 Å². The van der Waals surface area contributed by atoms with Crippen LogP contribution in [-0.4, -0.2) is 22.6 Å². The van der Waals surface area contributed by atoms with Crippen LogP contribution in [0, 0.1) is 11.8 Å². The van der Waals surface area contributed by atoms with Gasteiger partial charge in [0.25, 0.3) is 0 Å². The zero-order chi connectivity index (χ0) is 16.3. The molecule has 1 aliphatic carbocycles. The third kappa shape index (κ3) is 4.08. The first-order valence-corrected chi connectivity index (χ1v) is 7.77. The van der Waals surface area contributed by atoms with Gasteiger partial charge in [-0.15, -0.1) is 0 Å². The Labute approximate surface area is 128 Å². The zero-order valence-electron chi connectivity index (χ0n) is 12.4. The van der Waals surface area contributed by atoms with E-state index in [4.69, 9.17) is 18.0 Å². The van der Waals surface area contributed by atoms with Crippen molar-refractivity contribution in [3.8, 4) is 0 Å². The van der Waals surface area contributed by atoms with Crippen LogP contribution in [0.3, 0.4) is 0 Å². The highest BCUT2D eigenvalue weighted by atomic mass is 32.1. The average molecular weight is 324 g/mol. The van der Waals surface area contributed by atoms with E-state index >= 15 is 0 Å². The number of hydrogen-bond donors (Lipinski definition) is 2. The molecule has 0 aliphatic heterocycles. The molecular formula is C14H23F3N2OS. The smallest absolute Gasteiger partial charge is 0.391 e. The molecule has 0 radical (unpaired) electrons. The van der Waals surface area contributed by atoms with Crippen molar-refractivity contribution in [3.05, 3.63) is 0 Å². The normalized spacial score (nSPS) is 23.7. The summed E-state index contributed by atoms with van der Waals surface area (Å²) in [5, 5.41) is 2.70. The van der Waals surface area contributed by atoms with Crippen LogP contribution in [0.5, 0.6) is 0 Å². The predicted octanol–water partition coefficient (Wildman–Crippen LogP) is 3.32. The summed E-state index contributed by atoms with van der Waals surface area (Å²) >= 11 is 4.99. The van der Waals surface area contributed by atoms with Gasteiger partial charge < -0.3 is 11.1 Å². The first kappa shape index (κ1) is 18.2. The van der Waals surface area contributed by atoms with E-state index in [0.717, 1.165) is 0 Å². The average Bonchev–Trinajstić information content (AvgIpc) is 2.43. The van der Waals surface area contributed by atoms with Gasteiger partial charge in [0, 0.05) is 5.92 Å². The third-order valence-corrected chi connectivity index (χ3v) is 4.96. The minimum atomic E-state index is -4.34. The Morgan fingerprint density at radius 2 is 1.76 bits per heavy atom. The Morgan fingerprint density at radius 3 is 2.19 bits per heavy atom. The molecule has 1 fully saturated rings. The summed E-state index contributed by atoms with van der Waals surface area (Å²) in [6.07, 6.45) is -1.98. The van der Waals surface area contributed by atoms with Crippen molar-refractivity contribution >= 4 is 23.1 Å². The number of hydrogen-bond acceptors (Lipinski definition) is 2. The second-order valence-electron chi connectivity index (χ2n) is 5.68. The van der Waals surface area contributed by atoms with Crippen LogP contribution in [0.2, 0.25) is 0 Å². The lowest BCUT2D eigenvalue weighted by atomic mass is 9.77. The molecule has 7 heteroatoms. The second kappa shape index (κ2) is 6.94. The Hall–Kier alpha value is -0.850. The molecule has 0 aromatic carbocycles. The fraction of sp³-hybridized carbons (Fsp3) is 0.857. The highest BCUT2D eigenvalue weighted by molar-refractivity contribution is 7.80. The molecule has 2 atom stereocenters. The van der Waals surface area contributed by atoms with Crippen LogP contribution in [-0.2, 0) is 4.79 Å². The van der Waals surface area contributed by atoms with E-state index in [1.807, 2.05) is 13.8 Å². The van der Waals surface area contributed by atoms with Gasteiger partial charge >= 0.3 is 6.18 Å². The maximum Gasteiger partial charge on any atom is 0.392 e. The fourth-order valence-electron chi connectivity index (χ4n) is 3.00. The summed E-state index contributed by atoms with van der Waals surface area (Å²) in [4.78, 5) is 12.5. The first-order valence-electron chi connectivity index (χ1n) is 7.36. The van der Waals surface area contributed by atoms with E-state index in [0.29, 0.717) is 25.7 Å². The summed E-state index contributed by atoms with van der Waals surface area (Å²) in [5.41, 5.74) is 4.80. The number of nitrogens with two attached hydrogens (primary N) is 1. The molecule has 0 aromatic heterocycles. The lowest BCUT2D eigenvalue weighted by Crippen LogP contribution is -2.58. The first-order chi connectivity index (χ1) is 9.68. The molecule has 0 spiro atoms. The Kier molecular flexibility index (Phi) is 6.01. The largest absolute Gasteiger partial charge is 0.392 e. The van der Waals surface area contributed by atoms with Crippen LogP contribution in [0.25, 0.3) is 0 Å². The molecule has 0 bridgehead atoms. The van der Waals surface area contributed by atoms with Crippen molar-refractivity contribution in [2.24, 2.45) is 17.6 Å². The quantitative estimate of drug-likeness (QED) is 0.763. The minimum absolute atomic E-state index is 0.0138. The van der Waals surface area contributed by atoms with Gasteiger partial charge in [0.15, 0.2) is 0 Å². The maximum atomic E-state index is 13.1. The molecule has 3 nitrogen and oxygen atoms in total. The molecule has 0 aromatic rings. The van der Waals surface area contributed by atoms with E-state index in [9.17, 15) is 18.0 Å². The van der Waals surface area contributed by atoms with Crippen LogP contribution in [0.1, 0.15) is 52.4 Å². The van der Waals surface area contributed by atoms with Gasteiger partial charge in [-0.3, -0.25) is 4.79 Å². The minimum Gasteiger partial charge on any atom is -0.391 e. The topological polar surface area (TPSA) is 55.1 Å². The maximum absolute atomic E-state index is 13.1. The van der Waals surface area contributed by atoms with E-state index in [2.05, 4.69) is 5.32 Å². The lowest BCUT2D eigenvalue weighted by molar-refractivity contribution is -0.198. The molecule has 1 amide bonds. The highest BCUT2D eigenvalue weighted by Gasteiger charge is 2.49. The molecule has 1 rings (SSSR count). The molecule has 1 aliphatic rings. The molecular weight excluding hydrogens is 301 g/mol. The Balaban J connectivity index is 2.92. The molecule has 21 heavy (non-hydrogen) atoms. The summed E-state index contributed by atoms with van der Waals surface area (Å²) in [5.74, 6) is -3.18. The SMILES string of the molecule is CCC(CC)(NC(=O)C1CCCCC1C(F)(F)F)C(N)=S. The van der Waals surface area contributed by atoms with Crippen LogP contribution in [0.4, 0.5) is 13.2 Å². The zero-order valence-corrected chi connectivity index (χ0v) is 13.2. The number of alkyl halides is 3. The number of rotatable bonds is 5.